The van der Waals surface area contributed by atoms with E-state index < -0.39 is 18.2 Å². The van der Waals surface area contributed by atoms with Crippen molar-refractivity contribution in [1.29, 1.82) is 0 Å². The Balaban J connectivity index is 3.66. The molecular weight excluding hydrogens is 570 g/mol. The second-order valence-electron chi connectivity index (χ2n) is 14.3. The van der Waals surface area contributed by atoms with Crippen molar-refractivity contribution < 1.29 is 20.1 Å². The van der Waals surface area contributed by atoms with E-state index in [1.807, 2.05) is 6.08 Å². The number of carbonyl (C=O) groups excluding carboxylic acids is 1. The average Bonchev–Trinajstić information content (AvgIpc) is 3.05. The molecule has 3 unspecified atom stereocenters. The summed E-state index contributed by atoms with van der Waals surface area (Å²) >= 11 is 0. The number of hydrogen-bond donors (Lipinski definition) is 4. The van der Waals surface area contributed by atoms with E-state index in [-0.39, 0.29) is 18.9 Å². The Morgan fingerprint density at radius 2 is 0.891 bits per heavy atom. The molecule has 0 aromatic rings. The van der Waals surface area contributed by atoms with E-state index in [2.05, 4.69) is 19.2 Å². The zero-order valence-electron chi connectivity index (χ0n) is 31.0. The van der Waals surface area contributed by atoms with E-state index >= 15 is 0 Å². The molecule has 0 bridgehead atoms. The molecule has 46 heavy (non-hydrogen) atoms. The zero-order chi connectivity index (χ0) is 33.8. The number of nitrogens with one attached hydrogen (secondary N) is 1. The van der Waals surface area contributed by atoms with E-state index in [0.29, 0.717) is 6.42 Å². The Bertz CT molecular complexity index is 640. The molecule has 0 rings (SSSR count). The third-order valence-corrected chi connectivity index (χ3v) is 9.57. The highest BCUT2D eigenvalue weighted by atomic mass is 16.3. The molecule has 0 fully saturated rings. The molecule has 4 N–H and O–H groups in total. The highest BCUT2D eigenvalue weighted by Gasteiger charge is 2.20. The highest BCUT2D eigenvalue weighted by molar-refractivity contribution is 5.76. The Labute approximate surface area is 287 Å². The van der Waals surface area contributed by atoms with Gasteiger partial charge >= 0.3 is 0 Å². The Kier molecular flexibility index (Phi) is 36.2. The van der Waals surface area contributed by atoms with Crippen LogP contribution in [-0.2, 0) is 4.79 Å². The molecule has 0 aliphatic carbocycles. The van der Waals surface area contributed by atoms with Crippen molar-refractivity contribution >= 4 is 5.91 Å². The lowest BCUT2D eigenvalue weighted by atomic mass is 10.0. The minimum atomic E-state index is -0.923. The van der Waals surface area contributed by atoms with E-state index in [1.54, 1.807) is 6.08 Å². The monoisotopic (exact) mass is 652 g/mol. The number of aliphatic hydroxyl groups is 3. The van der Waals surface area contributed by atoms with Crippen LogP contribution in [0.1, 0.15) is 219 Å². The van der Waals surface area contributed by atoms with Crippen molar-refractivity contribution in [2.24, 2.45) is 0 Å². The molecule has 0 aliphatic rings. The Morgan fingerprint density at radius 3 is 1.26 bits per heavy atom. The van der Waals surface area contributed by atoms with Gasteiger partial charge in [-0.05, 0) is 19.3 Å². The molecule has 0 heterocycles. The molecule has 0 aromatic carbocycles. The van der Waals surface area contributed by atoms with Crippen LogP contribution in [0.4, 0.5) is 0 Å². The van der Waals surface area contributed by atoms with Crippen molar-refractivity contribution in [2.45, 2.75) is 238 Å². The minimum absolute atomic E-state index is 0.0181. The normalized spacial score (nSPS) is 13.8. The summed E-state index contributed by atoms with van der Waals surface area (Å²) in [7, 11) is 0. The number of allylic oxidation sites excluding steroid dienone is 1. The van der Waals surface area contributed by atoms with Gasteiger partial charge in [-0.25, -0.2) is 0 Å². The number of hydrogen-bond acceptors (Lipinski definition) is 4. The first-order chi connectivity index (χ1) is 22.5. The molecule has 0 radical (unpaired) electrons. The van der Waals surface area contributed by atoms with E-state index in [9.17, 15) is 20.1 Å². The average molecular weight is 652 g/mol. The van der Waals surface area contributed by atoms with Gasteiger partial charge in [0.1, 0.15) is 0 Å². The van der Waals surface area contributed by atoms with Crippen LogP contribution >= 0.6 is 0 Å². The van der Waals surface area contributed by atoms with Crippen LogP contribution in [0.15, 0.2) is 12.2 Å². The molecular formula is C41H81NO4. The summed E-state index contributed by atoms with van der Waals surface area (Å²) in [5.41, 5.74) is 0. The molecule has 0 saturated heterocycles. The molecule has 274 valence electrons. The molecule has 5 heteroatoms. The van der Waals surface area contributed by atoms with Crippen LogP contribution < -0.4 is 5.32 Å². The van der Waals surface area contributed by atoms with Crippen LogP contribution in [0.3, 0.4) is 0 Å². The van der Waals surface area contributed by atoms with Crippen LogP contribution in [0.2, 0.25) is 0 Å². The first kappa shape index (κ1) is 45.1. The van der Waals surface area contributed by atoms with Gasteiger partial charge in [0.05, 0.1) is 31.3 Å². The lowest BCUT2D eigenvalue weighted by Gasteiger charge is -2.21. The SMILES string of the molecule is CCCCCCCCCCCCCCCCCCC/C=C/C(O)C(CO)NC(=O)CC(O)CCCCCCCCCCCCCC. The summed E-state index contributed by atoms with van der Waals surface area (Å²) in [5.74, 6) is -0.314. The molecule has 0 saturated carbocycles. The fraction of sp³-hybridized carbons (Fsp3) is 0.927. The quantitative estimate of drug-likeness (QED) is 0.0397. The van der Waals surface area contributed by atoms with Gasteiger partial charge in [-0.2, -0.15) is 0 Å². The lowest BCUT2D eigenvalue weighted by molar-refractivity contribution is -0.124. The van der Waals surface area contributed by atoms with Crippen LogP contribution in [0, 0.1) is 0 Å². The maximum absolute atomic E-state index is 12.4. The van der Waals surface area contributed by atoms with Crippen molar-refractivity contribution in [3.05, 3.63) is 12.2 Å². The third-order valence-electron chi connectivity index (χ3n) is 9.57. The molecule has 5 nitrogen and oxygen atoms in total. The summed E-state index contributed by atoms with van der Waals surface area (Å²) in [6.45, 7) is 4.21. The minimum Gasteiger partial charge on any atom is -0.394 e. The van der Waals surface area contributed by atoms with Gasteiger partial charge in [-0.3, -0.25) is 4.79 Å². The highest BCUT2D eigenvalue weighted by Crippen LogP contribution is 2.16. The van der Waals surface area contributed by atoms with Crippen LogP contribution in [0.5, 0.6) is 0 Å². The second-order valence-corrected chi connectivity index (χ2v) is 14.3. The number of carbonyl (C=O) groups is 1. The Hall–Kier alpha value is -0.910. The van der Waals surface area contributed by atoms with Gasteiger partial charge in [0, 0.05) is 0 Å². The number of amides is 1. The number of unbranched alkanes of at least 4 members (excludes halogenated alkanes) is 28. The van der Waals surface area contributed by atoms with Crippen molar-refractivity contribution in [3.8, 4) is 0 Å². The summed E-state index contributed by atoms with van der Waals surface area (Å²) in [6.07, 6.45) is 42.0. The summed E-state index contributed by atoms with van der Waals surface area (Å²) in [4.78, 5) is 12.4. The summed E-state index contributed by atoms with van der Waals surface area (Å²) < 4.78 is 0. The maximum atomic E-state index is 12.4. The third kappa shape index (κ3) is 33.0. The van der Waals surface area contributed by atoms with E-state index in [1.165, 1.54) is 167 Å². The van der Waals surface area contributed by atoms with Gasteiger partial charge in [0.25, 0.3) is 0 Å². The fourth-order valence-electron chi connectivity index (χ4n) is 6.40. The van der Waals surface area contributed by atoms with Crippen molar-refractivity contribution in [1.82, 2.24) is 5.32 Å². The fourth-order valence-corrected chi connectivity index (χ4v) is 6.40. The maximum Gasteiger partial charge on any atom is 0.222 e. The standard InChI is InChI=1S/C41H81NO4/c1-3-5-7-9-11-13-15-17-18-19-20-21-22-23-25-27-29-31-33-35-40(45)39(37-43)42-41(46)36-38(44)34-32-30-28-26-24-16-14-12-10-8-6-4-2/h33,35,38-40,43-45H,3-32,34,36-37H2,1-2H3,(H,42,46)/b35-33+. The molecule has 3 atom stereocenters. The first-order valence-electron chi connectivity index (χ1n) is 20.5. The first-order valence-corrected chi connectivity index (χ1v) is 20.5. The van der Waals surface area contributed by atoms with Gasteiger partial charge in [0.15, 0.2) is 0 Å². The second kappa shape index (κ2) is 36.9. The van der Waals surface area contributed by atoms with Gasteiger partial charge in [-0.1, -0.05) is 206 Å². The van der Waals surface area contributed by atoms with Crippen LogP contribution in [-0.4, -0.2) is 46.1 Å². The summed E-state index contributed by atoms with van der Waals surface area (Å²) in [5, 5.41) is 33.1. The number of aliphatic hydroxyl groups excluding tert-OH is 3. The summed E-state index contributed by atoms with van der Waals surface area (Å²) in [6, 6.07) is -0.738. The predicted octanol–water partition coefficient (Wildman–Crippen LogP) is 11.3. The largest absolute Gasteiger partial charge is 0.394 e. The van der Waals surface area contributed by atoms with Crippen LogP contribution in [0.25, 0.3) is 0 Å². The molecule has 0 aliphatic heterocycles. The molecule has 1 amide bonds. The van der Waals surface area contributed by atoms with E-state index in [0.717, 1.165) is 25.7 Å². The molecule has 0 aromatic heterocycles. The lowest BCUT2D eigenvalue weighted by Crippen LogP contribution is -2.45. The zero-order valence-corrected chi connectivity index (χ0v) is 31.0. The van der Waals surface area contributed by atoms with Crippen molar-refractivity contribution in [3.63, 3.8) is 0 Å². The van der Waals surface area contributed by atoms with Crippen molar-refractivity contribution in [2.75, 3.05) is 6.61 Å². The van der Waals surface area contributed by atoms with Gasteiger partial charge in [0.2, 0.25) is 5.91 Å². The topological polar surface area (TPSA) is 89.8 Å². The smallest absolute Gasteiger partial charge is 0.222 e. The van der Waals surface area contributed by atoms with Gasteiger partial charge < -0.3 is 20.6 Å². The Morgan fingerprint density at radius 1 is 0.543 bits per heavy atom. The number of rotatable bonds is 37. The molecule has 0 spiro atoms. The van der Waals surface area contributed by atoms with E-state index in [4.69, 9.17) is 0 Å². The predicted molar refractivity (Wildman–Crippen MR) is 199 cm³/mol. The van der Waals surface area contributed by atoms with Gasteiger partial charge in [-0.15, -0.1) is 0 Å².